The molecule has 0 unspecified atom stereocenters. The summed E-state index contributed by atoms with van der Waals surface area (Å²) in [5.74, 6) is 4.79. The average Bonchev–Trinajstić information content (AvgIpc) is 1.89. The first-order valence-electron chi connectivity index (χ1n) is 3.30. The van der Waals surface area contributed by atoms with Crippen LogP contribution >= 0.6 is 0 Å². The van der Waals surface area contributed by atoms with Crippen LogP contribution < -0.4 is 11.3 Å². The second-order valence-corrected chi connectivity index (χ2v) is 2.02. The summed E-state index contributed by atoms with van der Waals surface area (Å²) in [4.78, 5) is 10.5. The summed E-state index contributed by atoms with van der Waals surface area (Å²) in [6.45, 7) is 2.10. The lowest BCUT2D eigenvalue weighted by molar-refractivity contribution is -0.121. The highest BCUT2D eigenvalue weighted by Gasteiger charge is 1.94. The van der Waals surface area contributed by atoms with Gasteiger partial charge in [-0.2, -0.15) is 0 Å². The second-order valence-electron chi connectivity index (χ2n) is 2.02. The minimum Gasteiger partial charge on any atom is -0.294 e. The molecule has 0 aliphatic carbocycles. The number of hydrogen-bond acceptors (Lipinski definition) is 2. The van der Waals surface area contributed by atoms with Crippen LogP contribution in [0.1, 0.15) is 32.6 Å². The Morgan fingerprint density at radius 2 is 2.22 bits per heavy atom. The lowest BCUT2D eigenvalue weighted by Gasteiger charge is -1.95. The summed E-state index contributed by atoms with van der Waals surface area (Å²) in [5.41, 5.74) is 2.08. The number of nitrogens with two attached hydrogens (primary N) is 1. The third-order valence-corrected chi connectivity index (χ3v) is 1.17. The highest BCUT2D eigenvalue weighted by Crippen LogP contribution is 1.97. The Balaban J connectivity index is 2.97. The third kappa shape index (κ3) is 5.30. The van der Waals surface area contributed by atoms with Crippen LogP contribution in [-0.4, -0.2) is 5.91 Å². The van der Waals surface area contributed by atoms with Crippen LogP contribution in [0.2, 0.25) is 0 Å². The maximum atomic E-state index is 10.5. The van der Waals surface area contributed by atoms with Gasteiger partial charge in [0, 0.05) is 6.42 Å². The lowest BCUT2D eigenvalue weighted by atomic mass is 10.2. The van der Waals surface area contributed by atoms with Crippen LogP contribution in [0.15, 0.2) is 0 Å². The molecule has 1 amide bonds. The number of rotatable bonds is 4. The summed E-state index contributed by atoms with van der Waals surface area (Å²) in [6.07, 6.45) is 3.75. The van der Waals surface area contributed by atoms with Crippen molar-refractivity contribution in [3.05, 3.63) is 0 Å². The smallest absolute Gasteiger partial charge is 0.233 e. The van der Waals surface area contributed by atoms with Gasteiger partial charge in [-0.1, -0.05) is 19.8 Å². The molecule has 0 fully saturated rings. The lowest BCUT2D eigenvalue weighted by Crippen LogP contribution is -2.29. The molecule has 0 rings (SSSR count). The number of nitrogens with one attached hydrogen (secondary N) is 1. The van der Waals surface area contributed by atoms with Crippen molar-refractivity contribution in [2.45, 2.75) is 32.6 Å². The fourth-order valence-corrected chi connectivity index (χ4v) is 0.608. The Labute approximate surface area is 55.6 Å². The topological polar surface area (TPSA) is 55.1 Å². The number of amides is 1. The van der Waals surface area contributed by atoms with Crippen molar-refractivity contribution in [2.75, 3.05) is 0 Å². The van der Waals surface area contributed by atoms with Crippen molar-refractivity contribution >= 4 is 5.91 Å². The maximum Gasteiger partial charge on any atom is 0.233 e. The molecule has 0 aliphatic rings. The Bertz CT molecular complexity index is 83.1. The van der Waals surface area contributed by atoms with Crippen molar-refractivity contribution in [1.82, 2.24) is 5.43 Å². The first-order chi connectivity index (χ1) is 4.31. The van der Waals surface area contributed by atoms with Gasteiger partial charge in [0.05, 0.1) is 0 Å². The quantitative estimate of drug-likeness (QED) is 0.253. The molecule has 0 saturated heterocycles. The van der Waals surface area contributed by atoms with E-state index in [1.54, 1.807) is 0 Å². The van der Waals surface area contributed by atoms with Crippen molar-refractivity contribution in [2.24, 2.45) is 5.84 Å². The molecule has 0 heterocycles. The molecule has 0 aromatic heterocycles. The van der Waals surface area contributed by atoms with E-state index in [4.69, 9.17) is 5.84 Å². The molecule has 0 atom stereocenters. The minimum absolute atomic E-state index is 0.0662. The van der Waals surface area contributed by atoms with Crippen LogP contribution in [0.25, 0.3) is 0 Å². The molecule has 3 N–H and O–H groups in total. The summed E-state index contributed by atoms with van der Waals surface area (Å²) >= 11 is 0. The van der Waals surface area contributed by atoms with Crippen molar-refractivity contribution in [1.29, 1.82) is 0 Å². The number of carbonyl (C=O) groups is 1. The number of hydrazine groups is 1. The first-order valence-corrected chi connectivity index (χ1v) is 3.30. The van der Waals surface area contributed by atoms with E-state index < -0.39 is 0 Å². The van der Waals surface area contributed by atoms with E-state index in [-0.39, 0.29) is 5.91 Å². The van der Waals surface area contributed by atoms with Gasteiger partial charge in [0.1, 0.15) is 0 Å². The molecule has 0 aromatic carbocycles. The largest absolute Gasteiger partial charge is 0.294 e. The summed E-state index contributed by atoms with van der Waals surface area (Å²) in [5, 5.41) is 0. The zero-order valence-corrected chi connectivity index (χ0v) is 5.81. The van der Waals surface area contributed by atoms with Crippen LogP contribution in [-0.2, 0) is 4.79 Å². The van der Waals surface area contributed by atoms with Gasteiger partial charge in [-0.3, -0.25) is 10.2 Å². The van der Waals surface area contributed by atoms with Crippen LogP contribution in [0, 0.1) is 0 Å². The molecule has 0 saturated carbocycles. The normalized spacial score (nSPS) is 9.11. The number of carbonyl (C=O) groups excluding carboxylic acids is 1. The molecule has 0 bridgehead atoms. The second kappa shape index (κ2) is 5.56. The van der Waals surface area contributed by atoms with Crippen molar-refractivity contribution < 1.29 is 4.79 Å². The molecule has 0 aliphatic heterocycles. The van der Waals surface area contributed by atoms with Gasteiger partial charge in [-0.25, -0.2) is 5.84 Å². The third-order valence-electron chi connectivity index (χ3n) is 1.17. The van der Waals surface area contributed by atoms with E-state index >= 15 is 0 Å². The van der Waals surface area contributed by atoms with Crippen LogP contribution in [0.3, 0.4) is 0 Å². The number of hydrogen-bond donors (Lipinski definition) is 2. The summed E-state index contributed by atoms with van der Waals surface area (Å²) in [6, 6.07) is 0. The highest BCUT2D eigenvalue weighted by atomic mass is 16.2. The molecular weight excluding hydrogens is 116 g/mol. The predicted octanol–water partition coefficient (Wildman–Crippen LogP) is 0.557. The molecular formula is C6H14N2O. The first kappa shape index (κ1) is 8.43. The maximum absolute atomic E-state index is 10.5. The molecule has 3 heteroatoms. The standard InChI is InChI=1S/C6H14N2O/c1-2-3-4-5-6(9)8-7/h2-5,7H2,1H3,(H,8,9). The van der Waals surface area contributed by atoms with Crippen LogP contribution in [0.5, 0.6) is 0 Å². The molecule has 0 radical (unpaired) electrons. The Kier molecular flexibility index (Phi) is 5.21. The fourth-order valence-electron chi connectivity index (χ4n) is 0.608. The van der Waals surface area contributed by atoms with E-state index in [1.807, 2.05) is 0 Å². The zero-order chi connectivity index (χ0) is 7.11. The summed E-state index contributed by atoms with van der Waals surface area (Å²) < 4.78 is 0. The minimum atomic E-state index is -0.0662. The van der Waals surface area contributed by atoms with Gasteiger partial charge >= 0.3 is 0 Å². The predicted molar refractivity (Wildman–Crippen MR) is 36.5 cm³/mol. The Morgan fingerprint density at radius 3 is 2.67 bits per heavy atom. The molecule has 0 aromatic rings. The molecule has 3 nitrogen and oxygen atoms in total. The van der Waals surface area contributed by atoms with E-state index in [9.17, 15) is 4.79 Å². The van der Waals surface area contributed by atoms with Crippen LogP contribution in [0.4, 0.5) is 0 Å². The van der Waals surface area contributed by atoms with Gasteiger partial charge in [0.25, 0.3) is 0 Å². The van der Waals surface area contributed by atoms with E-state index in [2.05, 4.69) is 12.3 Å². The Hall–Kier alpha value is -0.570. The number of unbranched alkanes of at least 4 members (excludes halogenated alkanes) is 2. The van der Waals surface area contributed by atoms with Gasteiger partial charge in [-0.15, -0.1) is 0 Å². The fraction of sp³-hybridized carbons (Fsp3) is 0.833. The zero-order valence-electron chi connectivity index (χ0n) is 5.81. The SMILES string of the molecule is CCCCCC(=O)NN. The van der Waals surface area contributed by atoms with Crippen molar-refractivity contribution in [3.63, 3.8) is 0 Å². The van der Waals surface area contributed by atoms with E-state index in [0.717, 1.165) is 19.3 Å². The average molecular weight is 130 g/mol. The summed E-state index contributed by atoms with van der Waals surface area (Å²) in [7, 11) is 0. The van der Waals surface area contributed by atoms with E-state index in [0.29, 0.717) is 6.42 Å². The van der Waals surface area contributed by atoms with Gasteiger partial charge in [0.2, 0.25) is 5.91 Å². The van der Waals surface area contributed by atoms with Gasteiger partial charge in [-0.05, 0) is 6.42 Å². The van der Waals surface area contributed by atoms with Crippen molar-refractivity contribution in [3.8, 4) is 0 Å². The van der Waals surface area contributed by atoms with E-state index in [1.165, 1.54) is 0 Å². The van der Waals surface area contributed by atoms with Gasteiger partial charge < -0.3 is 0 Å². The molecule has 9 heavy (non-hydrogen) atoms. The Morgan fingerprint density at radius 1 is 1.56 bits per heavy atom. The molecule has 54 valence electrons. The molecule has 0 spiro atoms. The monoisotopic (exact) mass is 130 g/mol. The highest BCUT2D eigenvalue weighted by molar-refractivity contribution is 5.74. The van der Waals surface area contributed by atoms with Gasteiger partial charge in [0.15, 0.2) is 0 Å².